The summed E-state index contributed by atoms with van der Waals surface area (Å²) in [5.41, 5.74) is 7.33. The van der Waals surface area contributed by atoms with Gasteiger partial charge in [-0.1, -0.05) is 29.8 Å². The molecule has 1 aliphatic heterocycles. The van der Waals surface area contributed by atoms with Gasteiger partial charge in [0.15, 0.2) is 5.84 Å². The summed E-state index contributed by atoms with van der Waals surface area (Å²) in [5, 5.41) is 10.9. The zero-order valence-corrected chi connectivity index (χ0v) is 11.1. The van der Waals surface area contributed by atoms with Gasteiger partial charge >= 0.3 is 0 Å². The molecule has 3 rings (SSSR count). The van der Waals surface area contributed by atoms with Crippen LogP contribution in [0.3, 0.4) is 0 Å². The van der Waals surface area contributed by atoms with Crippen LogP contribution in [0.1, 0.15) is 12.5 Å². The molecule has 0 aliphatic carbocycles. The molecule has 0 saturated carbocycles. The highest BCUT2D eigenvalue weighted by Crippen LogP contribution is 2.22. The summed E-state index contributed by atoms with van der Waals surface area (Å²) >= 11 is 6.40. The van der Waals surface area contributed by atoms with E-state index in [1.807, 2.05) is 42.3 Å². The Morgan fingerprint density at radius 2 is 2.05 bits per heavy atom. The second-order valence-electron chi connectivity index (χ2n) is 4.00. The first-order valence-electron chi connectivity index (χ1n) is 5.96. The second kappa shape index (κ2) is 4.91. The van der Waals surface area contributed by atoms with E-state index in [0.29, 0.717) is 5.15 Å². The third-order valence-corrected chi connectivity index (χ3v) is 3.23. The Morgan fingerprint density at radius 3 is 2.79 bits per heavy atom. The van der Waals surface area contributed by atoms with Crippen LogP contribution in [0.25, 0.3) is 5.69 Å². The van der Waals surface area contributed by atoms with Gasteiger partial charge in [-0.2, -0.15) is 5.10 Å². The number of amidine groups is 1. The van der Waals surface area contributed by atoms with Crippen molar-refractivity contribution in [3.05, 3.63) is 47.2 Å². The summed E-state index contributed by atoms with van der Waals surface area (Å²) in [6, 6.07) is 9.75. The lowest BCUT2D eigenvalue weighted by Crippen LogP contribution is -2.40. The van der Waals surface area contributed by atoms with Gasteiger partial charge < -0.3 is 0 Å². The predicted octanol–water partition coefficient (Wildman–Crippen LogP) is 1.53. The third kappa shape index (κ3) is 2.05. The van der Waals surface area contributed by atoms with Crippen LogP contribution in [-0.2, 0) is 0 Å². The van der Waals surface area contributed by atoms with E-state index in [0.717, 1.165) is 23.6 Å². The fourth-order valence-corrected chi connectivity index (χ4v) is 2.19. The largest absolute Gasteiger partial charge is 0.271 e. The van der Waals surface area contributed by atoms with Gasteiger partial charge in [0.25, 0.3) is 0 Å². The van der Waals surface area contributed by atoms with E-state index < -0.39 is 0 Å². The maximum absolute atomic E-state index is 6.40. The van der Waals surface area contributed by atoms with Crippen LogP contribution < -0.4 is 11.1 Å². The lowest BCUT2D eigenvalue weighted by molar-refractivity contribution is 0.308. The highest BCUT2D eigenvalue weighted by molar-refractivity contribution is 6.33. The molecule has 19 heavy (non-hydrogen) atoms. The molecule has 2 N–H and O–H groups in total. The molecule has 1 aromatic carbocycles. The molecule has 0 bridgehead atoms. The van der Waals surface area contributed by atoms with Crippen molar-refractivity contribution in [1.82, 2.24) is 25.9 Å². The third-order valence-electron chi connectivity index (χ3n) is 2.87. The van der Waals surface area contributed by atoms with Crippen molar-refractivity contribution in [3.8, 4) is 5.69 Å². The summed E-state index contributed by atoms with van der Waals surface area (Å²) < 4.78 is 1.69. The van der Waals surface area contributed by atoms with Crippen LogP contribution in [0, 0.1) is 0 Å². The predicted molar refractivity (Wildman–Crippen MR) is 73.8 cm³/mol. The SMILES string of the molecule is CCN1NNN=C1c1cnn(-c2ccccc2)c1Cl. The summed E-state index contributed by atoms with van der Waals surface area (Å²) in [5.74, 6) is 0.731. The first kappa shape index (κ1) is 12.0. The van der Waals surface area contributed by atoms with Crippen molar-refractivity contribution in [2.75, 3.05) is 6.54 Å². The van der Waals surface area contributed by atoms with Crippen molar-refractivity contribution in [2.45, 2.75) is 6.92 Å². The summed E-state index contributed by atoms with van der Waals surface area (Å²) in [6.45, 7) is 2.78. The number of hydrazone groups is 1. The Bertz CT molecular complexity index is 606. The molecule has 1 aromatic heterocycles. The zero-order valence-electron chi connectivity index (χ0n) is 10.3. The van der Waals surface area contributed by atoms with Gasteiger partial charge in [0.2, 0.25) is 0 Å². The molecule has 0 amide bonds. The monoisotopic (exact) mass is 276 g/mol. The molecule has 0 saturated heterocycles. The van der Waals surface area contributed by atoms with Crippen LogP contribution in [0.5, 0.6) is 0 Å². The Hall–Kier alpha value is -2.05. The summed E-state index contributed by atoms with van der Waals surface area (Å²) in [6.07, 6.45) is 1.71. The number of hydrogen-bond acceptors (Lipinski definition) is 5. The molecule has 2 aromatic rings. The van der Waals surface area contributed by atoms with Gasteiger partial charge in [-0.15, -0.1) is 10.6 Å². The normalized spacial score (nSPS) is 14.4. The van der Waals surface area contributed by atoms with Gasteiger partial charge in [-0.05, 0) is 19.1 Å². The number of nitrogens with zero attached hydrogens (tertiary/aromatic N) is 4. The maximum Gasteiger partial charge on any atom is 0.177 e. The number of aromatic nitrogens is 2. The second-order valence-corrected chi connectivity index (χ2v) is 4.36. The summed E-state index contributed by atoms with van der Waals surface area (Å²) in [4.78, 5) is 0. The zero-order chi connectivity index (χ0) is 13.2. The van der Waals surface area contributed by atoms with E-state index >= 15 is 0 Å². The molecule has 0 atom stereocenters. The van der Waals surface area contributed by atoms with Crippen LogP contribution in [-0.4, -0.2) is 27.2 Å². The molecule has 6 nitrogen and oxygen atoms in total. The Morgan fingerprint density at radius 1 is 1.26 bits per heavy atom. The Labute approximate surface area is 115 Å². The van der Waals surface area contributed by atoms with Gasteiger partial charge in [0.05, 0.1) is 17.4 Å². The number of rotatable bonds is 3. The van der Waals surface area contributed by atoms with E-state index in [-0.39, 0.29) is 0 Å². The lowest BCUT2D eigenvalue weighted by atomic mass is 10.3. The van der Waals surface area contributed by atoms with Gasteiger partial charge in [0.1, 0.15) is 5.15 Å². The lowest BCUT2D eigenvalue weighted by Gasteiger charge is -2.15. The van der Waals surface area contributed by atoms with Gasteiger partial charge in [0, 0.05) is 6.54 Å². The number of para-hydroxylation sites is 1. The standard InChI is InChI=1S/C12H13ClN6/c1-2-18-12(15-16-17-18)10-8-14-19(11(10)13)9-6-4-3-5-7-9/h3-8,16-17H,2H2,1H3. The molecular weight excluding hydrogens is 264 g/mol. The fraction of sp³-hybridized carbons (Fsp3) is 0.167. The highest BCUT2D eigenvalue weighted by Gasteiger charge is 2.22. The van der Waals surface area contributed by atoms with Gasteiger partial charge in [-0.25, -0.2) is 10.2 Å². The maximum atomic E-state index is 6.40. The molecule has 0 unspecified atom stereocenters. The molecule has 0 fully saturated rings. The van der Waals surface area contributed by atoms with E-state index in [1.165, 1.54) is 0 Å². The molecule has 0 radical (unpaired) electrons. The molecule has 98 valence electrons. The van der Waals surface area contributed by atoms with E-state index in [9.17, 15) is 0 Å². The Balaban J connectivity index is 2.00. The fourth-order valence-electron chi connectivity index (χ4n) is 1.92. The minimum atomic E-state index is 0.536. The number of hydrogen-bond donors (Lipinski definition) is 2. The van der Waals surface area contributed by atoms with Crippen LogP contribution in [0.4, 0.5) is 0 Å². The number of nitrogens with one attached hydrogen (secondary N) is 2. The molecule has 2 heterocycles. The average Bonchev–Trinajstić information content (AvgIpc) is 3.05. The van der Waals surface area contributed by atoms with Crippen molar-refractivity contribution < 1.29 is 0 Å². The van der Waals surface area contributed by atoms with Crippen LogP contribution >= 0.6 is 11.6 Å². The quantitative estimate of drug-likeness (QED) is 0.893. The first-order chi connectivity index (χ1) is 9.31. The topological polar surface area (TPSA) is 57.5 Å². The minimum Gasteiger partial charge on any atom is -0.271 e. The van der Waals surface area contributed by atoms with Crippen molar-refractivity contribution in [3.63, 3.8) is 0 Å². The molecule has 1 aliphatic rings. The van der Waals surface area contributed by atoms with Crippen molar-refractivity contribution in [2.24, 2.45) is 5.10 Å². The van der Waals surface area contributed by atoms with E-state index in [1.54, 1.807) is 10.9 Å². The minimum absolute atomic E-state index is 0.536. The molecule has 7 heteroatoms. The van der Waals surface area contributed by atoms with Crippen molar-refractivity contribution in [1.29, 1.82) is 0 Å². The first-order valence-corrected chi connectivity index (χ1v) is 6.34. The molecule has 0 spiro atoms. The number of benzene rings is 1. The smallest absolute Gasteiger partial charge is 0.177 e. The number of halogens is 1. The summed E-state index contributed by atoms with van der Waals surface area (Å²) in [7, 11) is 0. The van der Waals surface area contributed by atoms with Gasteiger partial charge in [-0.3, -0.25) is 5.01 Å². The highest BCUT2D eigenvalue weighted by atomic mass is 35.5. The average molecular weight is 277 g/mol. The molecular formula is C12H13ClN6. The van der Waals surface area contributed by atoms with E-state index in [2.05, 4.69) is 21.3 Å². The van der Waals surface area contributed by atoms with E-state index in [4.69, 9.17) is 11.6 Å². The number of hydrazine groups is 2. The Kier molecular flexibility index (Phi) is 3.10. The van der Waals surface area contributed by atoms with Crippen LogP contribution in [0.2, 0.25) is 5.15 Å². The van der Waals surface area contributed by atoms with Crippen molar-refractivity contribution >= 4 is 17.4 Å². The van der Waals surface area contributed by atoms with Crippen LogP contribution in [0.15, 0.2) is 41.6 Å².